The fourth-order valence-corrected chi connectivity index (χ4v) is 3.47. The van der Waals surface area contributed by atoms with Gasteiger partial charge >= 0.3 is 0 Å². The van der Waals surface area contributed by atoms with E-state index in [1.807, 2.05) is 12.1 Å². The molecule has 1 aliphatic rings. The first-order chi connectivity index (χ1) is 12.1. The second-order valence-corrected chi connectivity index (χ2v) is 6.82. The zero-order valence-corrected chi connectivity index (χ0v) is 16.0. The summed E-state index contributed by atoms with van der Waals surface area (Å²) in [6.45, 7) is 0.435. The molecular weight excluding hydrogens is 382 g/mol. The summed E-state index contributed by atoms with van der Waals surface area (Å²) in [7, 11) is 3.23. The molecule has 0 fully saturated rings. The van der Waals surface area contributed by atoms with Gasteiger partial charge in [0.2, 0.25) is 0 Å². The number of aryl methyl sites for hydroxylation is 2. The number of ether oxygens (including phenoxy) is 2. The second kappa shape index (κ2) is 7.78. The molecule has 6 heteroatoms. The van der Waals surface area contributed by atoms with Crippen molar-refractivity contribution in [1.82, 2.24) is 0 Å². The van der Waals surface area contributed by atoms with Gasteiger partial charge < -0.3 is 20.5 Å². The number of rotatable bonds is 5. The fraction of sp³-hybridized carbons (Fsp3) is 0.316. The Bertz CT molecular complexity index is 805. The van der Waals surface area contributed by atoms with Crippen molar-refractivity contribution in [2.45, 2.75) is 25.8 Å². The molecule has 0 amide bonds. The third kappa shape index (κ3) is 4.07. The maximum absolute atomic E-state index is 6.04. The predicted molar refractivity (Wildman–Crippen MR) is 105 cm³/mol. The number of methoxy groups -OCH3 is 2. The van der Waals surface area contributed by atoms with Gasteiger partial charge in [-0.2, -0.15) is 0 Å². The zero-order chi connectivity index (χ0) is 17.8. The molecule has 0 atom stereocenters. The summed E-state index contributed by atoms with van der Waals surface area (Å²) in [6, 6.07) is 10.2. The molecule has 3 rings (SSSR count). The molecule has 0 saturated heterocycles. The lowest BCUT2D eigenvalue weighted by Crippen LogP contribution is -2.22. The lowest BCUT2D eigenvalue weighted by molar-refractivity contribution is 0.354. The second-order valence-electron chi connectivity index (χ2n) is 5.96. The molecule has 0 heterocycles. The Kier molecular flexibility index (Phi) is 5.48. The highest BCUT2D eigenvalue weighted by Gasteiger charge is 2.11. The average molecular weight is 404 g/mol. The van der Waals surface area contributed by atoms with E-state index in [9.17, 15) is 0 Å². The Balaban J connectivity index is 1.71. The lowest BCUT2D eigenvalue weighted by atomic mass is 10.1. The molecule has 0 bridgehead atoms. The SMILES string of the molecule is COc1cc(Br)c(CN=C(N)Nc2ccc3c(c2)CCC3)cc1OC. The normalized spacial score (nSPS) is 13.5. The van der Waals surface area contributed by atoms with Crippen molar-refractivity contribution in [1.29, 1.82) is 0 Å². The largest absolute Gasteiger partial charge is 0.493 e. The van der Waals surface area contributed by atoms with Crippen LogP contribution in [0.2, 0.25) is 0 Å². The number of guanidine groups is 1. The van der Waals surface area contributed by atoms with E-state index >= 15 is 0 Å². The van der Waals surface area contributed by atoms with Gasteiger partial charge in [-0.05, 0) is 60.2 Å². The number of fused-ring (bicyclic) bond motifs is 1. The number of hydrogen-bond acceptors (Lipinski definition) is 3. The summed E-state index contributed by atoms with van der Waals surface area (Å²) < 4.78 is 11.5. The average Bonchev–Trinajstić information content (AvgIpc) is 3.08. The van der Waals surface area contributed by atoms with Crippen LogP contribution < -0.4 is 20.5 Å². The number of anilines is 1. The number of nitrogens with one attached hydrogen (secondary N) is 1. The Morgan fingerprint density at radius 1 is 1.12 bits per heavy atom. The van der Waals surface area contributed by atoms with Crippen molar-refractivity contribution in [2.75, 3.05) is 19.5 Å². The van der Waals surface area contributed by atoms with E-state index in [0.717, 1.165) is 22.1 Å². The Morgan fingerprint density at radius 2 is 1.84 bits per heavy atom. The van der Waals surface area contributed by atoms with Crippen LogP contribution in [0.5, 0.6) is 11.5 Å². The minimum atomic E-state index is 0.389. The quantitative estimate of drug-likeness (QED) is 0.586. The van der Waals surface area contributed by atoms with Gasteiger partial charge in [0.25, 0.3) is 0 Å². The maximum atomic E-state index is 6.04. The molecule has 0 unspecified atom stereocenters. The van der Waals surface area contributed by atoms with E-state index in [4.69, 9.17) is 15.2 Å². The Hall–Kier alpha value is -2.21. The highest BCUT2D eigenvalue weighted by Crippen LogP contribution is 2.33. The van der Waals surface area contributed by atoms with Crippen LogP contribution in [0.15, 0.2) is 39.8 Å². The first-order valence-corrected chi connectivity index (χ1v) is 8.99. The maximum Gasteiger partial charge on any atom is 0.193 e. The van der Waals surface area contributed by atoms with Crippen LogP contribution in [-0.2, 0) is 19.4 Å². The summed E-state index contributed by atoms with van der Waals surface area (Å²) in [5.41, 5.74) is 10.8. The van der Waals surface area contributed by atoms with E-state index < -0.39 is 0 Å². The molecule has 0 saturated carbocycles. The van der Waals surface area contributed by atoms with Crippen LogP contribution in [0.25, 0.3) is 0 Å². The highest BCUT2D eigenvalue weighted by molar-refractivity contribution is 9.10. The van der Waals surface area contributed by atoms with Crippen molar-refractivity contribution in [3.63, 3.8) is 0 Å². The Labute approximate surface area is 156 Å². The van der Waals surface area contributed by atoms with Crippen LogP contribution in [-0.4, -0.2) is 20.2 Å². The molecule has 2 aromatic rings. The number of nitrogens with two attached hydrogens (primary N) is 1. The van der Waals surface area contributed by atoms with Gasteiger partial charge in [-0.15, -0.1) is 0 Å². The van der Waals surface area contributed by atoms with Gasteiger partial charge in [0.1, 0.15) is 0 Å². The van der Waals surface area contributed by atoms with Crippen molar-refractivity contribution >= 4 is 27.6 Å². The predicted octanol–water partition coefficient (Wildman–Crippen LogP) is 3.88. The third-order valence-corrected chi connectivity index (χ3v) is 5.08. The number of hydrogen-bond donors (Lipinski definition) is 2. The molecular formula is C19H22BrN3O2. The monoisotopic (exact) mass is 403 g/mol. The van der Waals surface area contributed by atoms with E-state index in [0.29, 0.717) is 24.0 Å². The van der Waals surface area contributed by atoms with Crippen LogP contribution in [0.3, 0.4) is 0 Å². The number of nitrogens with zero attached hydrogens (tertiary/aromatic N) is 1. The third-order valence-electron chi connectivity index (χ3n) is 4.34. The van der Waals surface area contributed by atoms with Crippen molar-refractivity contribution in [2.24, 2.45) is 10.7 Å². The van der Waals surface area contributed by atoms with Crippen molar-refractivity contribution in [3.05, 3.63) is 51.5 Å². The van der Waals surface area contributed by atoms with Crippen LogP contribution in [0.1, 0.15) is 23.1 Å². The van der Waals surface area contributed by atoms with Crippen molar-refractivity contribution in [3.8, 4) is 11.5 Å². The van der Waals surface area contributed by atoms with Crippen LogP contribution in [0.4, 0.5) is 5.69 Å². The summed E-state index contributed by atoms with van der Waals surface area (Å²) in [4.78, 5) is 4.43. The first kappa shape index (κ1) is 17.6. The van der Waals surface area contributed by atoms with Gasteiger partial charge in [-0.25, -0.2) is 4.99 Å². The minimum Gasteiger partial charge on any atom is -0.493 e. The van der Waals surface area contributed by atoms with Gasteiger partial charge in [0.15, 0.2) is 17.5 Å². The van der Waals surface area contributed by atoms with Crippen LogP contribution in [0, 0.1) is 0 Å². The van der Waals surface area contributed by atoms with E-state index in [2.05, 4.69) is 44.4 Å². The van der Waals surface area contributed by atoms with E-state index in [1.54, 1.807) is 14.2 Å². The molecule has 132 valence electrons. The minimum absolute atomic E-state index is 0.389. The van der Waals surface area contributed by atoms with Crippen molar-refractivity contribution < 1.29 is 9.47 Å². The lowest BCUT2D eigenvalue weighted by Gasteiger charge is -2.11. The molecule has 0 radical (unpaired) electrons. The van der Waals surface area contributed by atoms with Gasteiger partial charge in [0, 0.05) is 10.2 Å². The van der Waals surface area contributed by atoms with E-state index in [1.165, 1.54) is 24.0 Å². The summed E-state index contributed by atoms with van der Waals surface area (Å²) in [5.74, 6) is 1.73. The molecule has 1 aliphatic carbocycles. The summed E-state index contributed by atoms with van der Waals surface area (Å²) >= 11 is 3.54. The summed E-state index contributed by atoms with van der Waals surface area (Å²) in [5, 5.41) is 3.17. The van der Waals surface area contributed by atoms with Crippen LogP contribution >= 0.6 is 15.9 Å². The number of aliphatic imine (C=N–C) groups is 1. The van der Waals surface area contributed by atoms with Gasteiger partial charge in [-0.3, -0.25) is 0 Å². The topological polar surface area (TPSA) is 68.9 Å². The zero-order valence-electron chi connectivity index (χ0n) is 14.4. The number of benzene rings is 2. The smallest absolute Gasteiger partial charge is 0.193 e. The summed E-state index contributed by atoms with van der Waals surface area (Å²) in [6.07, 6.45) is 3.54. The molecule has 2 aromatic carbocycles. The first-order valence-electron chi connectivity index (χ1n) is 8.20. The molecule has 25 heavy (non-hydrogen) atoms. The molecule has 0 aromatic heterocycles. The number of halogens is 1. The van der Waals surface area contributed by atoms with Gasteiger partial charge in [0.05, 0.1) is 20.8 Å². The highest BCUT2D eigenvalue weighted by atomic mass is 79.9. The molecule has 0 aliphatic heterocycles. The fourth-order valence-electron chi connectivity index (χ4n) is 3.02. The molecule has 5 nitrogen and oxygen atoms in total. The van der Waals surface area contributed by atoms with Gasteiger partial charge in [-0.1, -0.05) is 22.0 Å². The standard InChI is InChI=1S/C19H22BrN3O2/c1-24-17-9-14(16(20)10-18(17)25-2)11-22-19(21)23-15-7-6-12-4-3-5-13(12)8-15/h6-10H,3-5,11H2,1-2H3,(H3,21,22,23). The Morgan fingerprint density at radius 3 is 2.60 bits per heavy atom. The molecule has 3 N–H and O–H groups in total. The van der Waals surface area contributed by atoms with E-state index in [-0.39, 0.29) is 0 Å². The molecule has 0 spiro atoms.